The number of nitrogens with zero attached hydrogens (tertiary/aromatic N) is 3. The first-order chi connectivity index (χ1) is 16.0. The Hall–Kier alpha value is -1.42. The molecular weight excluding hydrogens is 669 g/mol. The molecule has 3 rings (SSSR count). The first kappa shape index (κ1) is 27.2. The van der Waals surface area contributed by atoms with Gasteiger partial charge in [0, 0.05) is 38.1 Å². The molecule has 0 N–H and O–H groups in total. The number of rotatable bonds is 7. The van der Waals surface area contributed by atoms with Gasteiger partial charge < -0.3 is 18.9 Å². The molecule has 1 fully saturated rings. The van der Waals surface area contributed by atoms with Crippen LogP contribution in [-0.4, -0.2) is 63.0 Å². The SMILES string of the molecule is CC(=O)OCC1O[C@H](Sc2cc(Cl)cnc2Br)C(OC(C)=O)C(n2cc(I)cn2)[C@H]1OC(C)=O. The highest BCUT2D eigenvalue weighted by molar-refractivity contribution is 14.1. The van der Waals surface area contributed by atoms with Gasteiger partial charge in [0.1, 0.15) is 28.8 Å². The highest BCUT2D eigenvalue weighted by atomic mass is 127. The summed E-state index contributed by atoms with van der Waals surface area (Å²) < 4.78 is 25.6. The van der Waals surface area contributed by atoms with Crippen LogP contribution in [-0.2, 0) is 33.3 Å². The number of hydrogen-bond acceptors (Lipinski definition) is 10. The molecule has 1 aliphatic heterocycles. The molecule has 184 valence electrons. The number of thioether (sulfide) groups is 1. The summed E-state index contributed by atoms with van der Waals surface area (Å²) in [5, 5.41) is 4.77. The zero-order chi connectivity index (χ0) is 25.0. The third kappa shape index (κ3) is 7.06. The summed E-state index contributed by atoms with van der Waals surface area (Å²) in [6, 6.07) is 0.900. The van der Waals surface area contributed by atoms with Crippen molar-refractivity contribution in [2.24, 2.45) is 0 Å². The quantitative estimate of drug-likeness (QED) is 0.184. The molecule has 0 saturated carbocycles. The van der Waals surface area contributed by atoms with Gasteiger partial charge in [-0.25, -0.2) is 4.98 Å². The van der Waals surface area contributed by atoms with Crippen LogP contribution in [0, 0.1) is 3.57 Å². The molecule has 5 atom stereocenters. The van der Waals surface area contributed by atoms with Crippen LogP contribution >= 0.6 is 61.9 Å². The molecule has 0 aliphatic carbocycles. The van der Waals surface area contributed by atoms with E-state index in [1.807, 2.05) is 0 Å². The number of carbonyl (C=O) groups is 3. The zero-order valence-electron chi connectivity index (χ0n) is 18.1. The van der Waals surface area contributed by atoms with Crippen molar-refractivity contribution < 1.29 is 33.3 Å². The maximum absolute atomic E-state index is 12.1. The Balaban J connectivity index is 2.08. The van der Waals surface area contributed by atoms with E-state index in [4.69, 9.17) is 30.5 Å². The fraction of sp³-hybridized carbons (Fsp3) is 0.450. The minimum atomic E-state index is -0.977. The van der Waals surface area contributed by atoms with Gasteiger partial charge in [0.15, 0.2) is 12.2 Å². The van der Waals surface area contributed by atoms with Crippen LogP contribution in [0.4, 0.5) is 0 Å². The van der Waals surface area contributed by atoms with Crippen LogP contribution in [0.5, 0.6) is 0 Å². The third-order valence-corrected chi connectivity index (χ3v) is 7.40. The fourth-order valence-electron chi connectivity index (χ4n) is 3.37. The van der Waals surface area contributed by atoms with Crippen LogP contribution in [0.15, 0.2) is 34.2 Å². The molecule has 2 aromatic rings. The normalized spacial score (nSPS) is 24.4. The van der Waals surface area contributed by atoms with Gasteiger partial charge >= 0.3 is 17.9 Å². The average Bonchev–Trinajstić information content (AvgIpc) is 3.16. The second-order valence-electron chi connectivity index (χ2n) is 7.18. The molecule has 0 radical (unpaired) electrons. The van der Waals surface area contributed by atoms with Crippen molar-refractivity contribution in [2.45, 2.75) is 55.5 Å². The van der Waals surface area contributed by atoms with Crippen molar-refractivity contribution >= 4 is 79.8 Å². The number of esters is 3. The van der Waals surface area contributed by atoms with Crippen LogP contribution in [0.1, 0.15) is 26.8 Å². The first-order valence-corrected chi connectivity index (χ1v) is 13.0. The van der Waals surface area contributed by atoms with Crippen molar-refractivity contribution in [1.29, 1.82) is 0 Å². The molecule has 3 unspecified atom stereocenters. The highest BCUT2D eigenvalue weighted by Gasteiger charge is 2.52. The van der Waals surface area contributed by atoms with Crippen molar-refractivity contribution in [2.75, 3.05) is 6.61 Å². The number of carbonyl (C=O) groups excluding carboxylic acids is 3. The maximum Gasteiger partial charge on any atom is 0.303 e. The average molecular weight is 689 g/mol. The van der Waals surface area contributed by atoms with E-state index in [0.717, 1.165) is 3.57 Å². The van der Waals surface area contributed by atoms with Crippen LogP contribution in [0.25, 0.3) is 0 Å². The molecule has 0 spiro atoms. The lowest BCUT2D eigenvalue weighted by molar-refractivity contribution is -0.212. The minimum absolute atomic E-state index is 0.193. The lowest BCUT2D eigenvalue weighted by Gasteiger charge is -2.44. The molecule has 0 aromatic carbocycles. The monoisotopic (exact) mass is 687 g/mol. The standard InChI is InChI=1S/C20H20BrClIN3O7S/c1-9(27)30-8-14-17(31-10(2)28)16(26-7-13(23)6-25-26)18(32-11(3)29)20(33-14)34-15-4-12(22)5-24-19(15)21/h4-7,14,16-18,20H,8H2,1-3H3/t14?,16?,17-,18?,20+/m0/s1. The molecule has 0 amide bonds. The second kappa shape index (κ2) is 12.0. The van der Waals surface area contributed by atoms with Gasteiger partial charge in [0.2, 0.25) is 0 Å². The van der Waals surface area contributed by atoms with Crippen molar-refractivity contribution in [3.63, 3.8) is 0 Å². The van der Waals surface area contributed by atoms with Gasteiger partial charge in [0.25, 0.3) is 0 Å². The van der Waals surface area contributed by atoms with E-state index in [2.05, 4.69) is 48.6 Å². The molecular formula is C20H20BrClIN3O7S. The number of aromatic nitrogens is 3. The van der Waals surface area contributed by atoms with Crippen LogP contribution < -0.4 is 0 Å². The summed E-state index contributed by atoms with van der Waals surface area (Å²) in [4.78, 5) is 40.4. The molecule has 10 nitrogen and oxygen atoms in total. The Bertz CT molecular complexity index is 1070. The van der Waals surface area contributed by atoms with E-state index >= 15 is 0 Å². The molecule has 0 bridgehead atoms. The number of hydrogen-bond donors (Lipinski definition) is 0. The van der Waals surface area contributed by atoms with E-state index in [1.165, 1.54) is 38.7 Å². The first-order valence-electron chi connectivity index (χ1n) is 9.85. The van der Waals surface area contributed by atoms with E-state index in [-0.39, 0.29) is 6.61 Å². The zero-order valence-corrected chi connectivity index (χ0v) is 23.5. The third-order valence-electron chi connectivity index (χ3n) is 4.56. The van der Waals surface area contributed by atoms with Gasteiger partial charge in [-0.05, 0) is 44.6 Å². The predicted octanol–water partition coefficient (Wildman–Crippen LogP) is 3.78. The lowest BCUT2D eigenvalue weighted by atomic mass is 9.96. The Morgan fingerprint density at radius 3 is 2.44 bits per heavy atom. The van der Waals surface area contributed by atoms with Crippen molar-refractivity contribution in [1.82, 2.24) is 14.8 Å². The molecule has 2 aromatic heterocycles. The van der Waals surface area contributed by atoms with Gasteiger partial charge in [-0.3, -0.25) is 19.1 Å². The van der Waals surface area contributed by atoms with Crippen LogP contribution in [0.2, 0.25) is 5.02 Å². The largest absolute Gasteiger partial charge is 0.463 e. The predicted molar refractivity (Wildman–Crippen MR) is 133 cm³/mol. The Labute approximate surface area is 226 Å². The minimum Gasteiger partial charge on any atom is -0.463 e. The Morgan fingerprint density at radius 2 is 1.85 bits per heavy atom. The van der Waals surface area contributed by atoms with Gasteiger partial charge in [-0.15, -0.1) is 0 Å². The second-order valence-corrected chi connectivity index (χ2v) is 10.8. The Morgan fingerprint density at radius 1 is 1.18 bits per heavy atom. The lowest BCUT2D eigenvalue weighted by Crippen LogP contribution is -2.57. The number of ether oxygens (including phenoxy) is 4. The number of halogens is 3. The van der Waals surface area contributed by atoms with E-state index < -0.39 is 47.7 Å². The van der Waals surface area contributed by atoms with Crippen molar-refractivity contribution in [3.8, 4) is 0 Å². The maximum atomic E-state index is 12.1. The fourth-order valence-corrected chi connectivity index (χ4v) is 5.64. The van der Waals surface area contributed by atoms with E-state index in [0.29, 0.717) is 14.5 Å². The summed E-state index contributed by atoms with van der Waals surface area (Å²) in [5.74, 6) is -1.67. The van der Waals surface area contributed by atoms with E-state index in [9.17, 15) is 14.4 Å². The van der Waals surface area contributed by atoms with E-state index in [1.54, 1.807) is 23.1 Å². The number of pyridine rings is 1. The molecule has 1 aliphatic rings. The summed E-state index contributed by atoms with van der Waals surface area (Å²) in [5.41, 5.74) is -0.820. The van der Waals surface area contributed by atoms with Crippen molar-refractivity contribution in [3.05, 3.63) is 37.9 Å². The summed E-state index contributed by atoms with van der Waals surface area (Å²) in [6.07, 6.45) is 2.03. The smallest absolute Gasteiger partial charge is 0.303 e. The summed E-state index contributed by atoms with van der Waals surface area (Å²) in [6.45, 7) is 3.60. The molecule has 1 saturated heterocycles. The van der Waals surface area contributed by atoms with Gasteiger partial charge in [0.05, 0.1) is 14.8 Å². The molecule has 3 heterocycles. The van der Waals surface area contributed by atoms with Gasteiger partial charge in [-0.1, -0.05) is 23.4 Å². The van der Waals surface area contributed by atoms with Gasteiger partial charge in [-0.2, -0.15) is 5.10 Å². The van der Waals surface area contributed by atoms with Crippen LogP contribution in [0.3, 0.4) is 0 Å². The topological polar surface area (TPSA) is 119 Å². The molecule has 14 heteroatoms. The highest BCUT2D eigenvalue weighted by Crippen LogP contribution is 2.43. The molecule has 34 heavy (non-hydrogen) atoms. The summed E-state index contributed by atoms with van der Waals surface area (Å²) >= 11 is 12.8. The Kier molecular flexibility index (Phi) is 9.60. The summed E-state index contributed by atoms with van der Waals surface area (Å²) in [7, 11) is 0.